The van der Waals surface area contributed by atoms with E-state index in [9.17, 15) is 18.0 Å². The molecule has 1 aliphatic heterocycles. The molecule has 4 nitrogen and oxygen atoms in total. The van der Waals surface area contributed by atoms with E-state index in [2.05, 4.69) is 21.2 Å². The third-order valence-corrected chi connectivity index (χ3v) is 3.11. The highest BCUT2D eigenvalue weighted by Crippen LogP contribution is 2.34. The van der Waals surface area contributed by atoms with Crippen LogP contribution < -0.4 is 5.32 Å². The van der Waals surface area contributed by atoms with Gasteiger partial charge in [-0.3, -0.25) is 4.79 Å². The zero-order valence-corrected chi connectivity index (χ0v) is 11.5. The minimum absolute atomic E-state index is 0.0000940. The summed E-state index contributed by atoms with van der Waals surface area (Å²) in [6.45, 7) is 0.535. The molecule has 1 amide bonds. The number of hydrogen-bond donors (Lipinski definition) is 1. The van der Waals surface area contributed by atoms with E-state index in [1.54, 1.807) is 0 Å². The van der Waals surface area contributed by atoms with Gasteiger partial charge in [-0.15, -0.1) is 0 Å². The molecule has 1 aliphatic rings. The number of anilines is 1. The number of rotatable bonds is 2. The average Bonchev–Trinajstić information content (AvgIpc) is 2.41. The Labute approximate surface area is 120 Å². The highest BCUT2D eigenvalue weighted by molar-refractivity contribution is 9.10. The van der Waals surface area contributed by atoms with Crippen LogP contribution in [0.2, 0.25) is 0 Å². The molecule has 0 saturated heterocycles. The molecule has 1 aromatic rings. The molecule has 2 rings (SSSR count). The van der Waals surface area contributed by atoms with E-state index >= 15 is 0 Å². The van der Waals surface area contributed by atoms with Gasteiger partial charge in [0.25, 0.3) is 5.91 Å². The van der Waals surface area contributed by atoms with Crippen molar-refractivity contribution in [2.75, 3.05) is 18.5 Å². The van der Waals surface area contributed by atoms with Gasteiger partial charge < -0.3 is 14.8 Å². The van der Waals surface area contributed by atoms with Crippen molar-refractivity contribution in [1.29, 1.82) is 0 Å². The van der Waals surface area contributed by atoms with Crippen LogP contribution in [-0.2, 0) is 20.4 Å². The van der Waals surface area contributed by atoms with Crippen LogP contribution in [0.1, 0.15) is 5.56 Å². The lowest BCUT2D eigenvalue weighted by atomic mass is 10.2. The molecule has 20 heavy (non-hydrogen) atoms. The molecule has 0 aromatic heterocycles. The number of carbonyl (C=O) groups is 1. The molecular formula is C12H9BrF3NO3. The summed E-state index contributed by atoms with van der Waals surface area (Å²) in [6, 6.07) is 2.97. The Morgan fingerprint density at radius 2 is 2.05 bits per heavy atom. The van der Waals surface area contributed by atoms with E-state index in [0.29, 0.717) is 11.1 Å². The van der Waals surface area contributed by atoms with Crippen molar-refractivity contribution < 1.29 is 27.4 Å². The minimum Gasteiger partial charge on any atom is -0.494 e. The second kappa shape index (κ2) is 5.74. The van der Waals surface area contributed by atoms with Gasteiger partial charge in [0.2, 0.25) is 5.76 Å². The smallest absolute Gasteiger partial charge is 0.416 e. The fourth-order valence-corrected chi connectivity index (χ4v) is 1.81. The van der Waals surface area contributed by atoms with Gasteiger partial charge in [-0.05, 0) is 34.1 Å². The molecule has 0 fully saturated rings. The van der Waals surface area contributed by atoms with Crippen LogP contribution in [0.3, 0.4) is 0 Å². The Hall–Kier alpha value is -1.70. The lowest BCUT2D eigenvalue weighted by Crippen LogP contribution is -2.21. The number of amides is 1. The predicted octanol–water partition coefficient (Wildman–Crippen LogP) is 3.29. The quantitative estimate of drug-likeness (QED) is 0.889. The largest absolute Gasteiger partial charge is 0.494 e. The molecule has 0 saturated carbocycles. The van der Waals surface area contributed by atoms with Gasteiger partial charge in [-0.1, -0.05) is 0 Å². The summed E-state index contributed by atoms with van der Waals surface area (Å²) in [5, 5.41) is 2.33. The van der Waals surface area contributed by atoms with Gasteiger partial charge in [0, 0.05) is 4.47 Å². The Balaban J connectivity index is 2.20. The van der Waals surface area contributed by atoms with Crippen LogP contribution in [0.5, 0.6) is 0 Å². The molecule has 0 bridgehead atoms. The zero-order chi connectivity index (χ0) is 14.8. The summed E-state index contributed by atoms with van der Waals surface area (Å²) in [5.74, 6) is -0.759. The number of carbonyl (C=O) groups excluding carboxylic acids is 1. The molecule has 1 N–H and O–H groups in total. The number of hydrogen-bond acceptors (Lipinski definition) is 3. The van der Waals surface area contributed by atoms with Crippen molar-refractivity contribution in [3.63, 3.8) is 0 Å². The van der Waals surface area contributed by atoms with Crippen molar-refractivity contribution in [3.8, 4) is 0 Å². The summed E-state index contributed by atoms with van der Waals surface area (Å²) in [6.07, 6.45) is -3.36. The average molecular weight is 352 g/mol. The molecule has 108 valence electrons. The van der Waals surface area contributed by atoms with Crippen LogP contribution in [0.25, 0.3) is 0 Å². The second-order valence-corrected chi connectivity index (χ2v) is 4.70. The summed E-state index contributed by atoms with van der Waals surface area (Å²) in [4.78, 5) is 11.8. The first-order valence-corrected chi connectivity index (χ1v) is 6.30. The summed E-state index contributed by atoms with van der Waals surface area (Å²) < 4.78 is 48.1. The van der Waals surface area contributed by atoms with Crippen molar-refractivity contribution >= 4 is 27.5 Å². The maximum absolute atomic E-state index is 12.6. The summed E-state index contributed by atoms with van der Waals surface area (Å²) in [7, 11) is 0. The van der Waals surface area contributed by atoms with Gasteiger partial charge in [0.15, 0.2) is 0 Å². The van der Waals surface area contributed by atoms with Gasteiger partial charge >= 0.3 is 6.18 Å². The SMILES string of the molecule is O=C(Nc1cc(C(F)(F)F)ccc1Br)C1=COCCO1. The fraction of sp³-hybridized carbons (Fsp3) is 0.250. The van der Waals surface area contributed by atoms with Crippen LogP contribution in [-0.4, -0.2) is 19.1 Å². The van der Waals surface area contributed by atoms with Gasteiger partial charge in [-0.2, -0.15) is 13.2 Å². The van der Waals surface area contributed by atoms with E-state index < -0.39 is 17.6 Å². The Kier molecular flexibility index (Phi) is 4.22. The van der Waals surface area contributed by atoms with Crippen LogP contribution >= 0.6 is 15.9 Å². The van der Waals surface area contributed by atoms with Crippen LogP contribution in [0.15, 0.2) is 34.7 Å². The Morgan fingerprint density at radius 3 is 2.65 bits per heavy atom. The molecule has 1 heterocycles. The van der Waals surface area contributed by atoms with Gasteiger partial charge in [0.1, 0.15) is 19.5 Å². The lowest BCUT2D eigenvalue weighted by molar-refractivity contribution is -0.137. The molecule has 0 aliphatic carbocycles. The highest BCUT2D eigenvalue weighted by atomic mass is 79.9. The number of halogens is 4. The molecule has 0 unspecified atom stereocenters. The first-order valence-electron chi connectivity index (χ1n) is 5.50. The minimum atomic E-state index is -4.48. The summed E-state index contributed by atoms with van der Waals surface area (Å²) >= 11 is 3.08. The molecule has 0 spiro atoms. The Morgan fingerprint density at radius 1 is 1.30 bits per heavy atom. The highest BCUT2D eigenvalue weighted by Gasteiger charge is 2.31. The normalized spacial score (nSPS) is 14.9. The first-order chi connectivity index (χ1) is 9.38. The molecule has 0 atom stereocenters. The Bertz CT molecular complexity index is 557. The van der Waals surface area contributed by atoms with E-state index in [1.165, 1.54) is 6.07 Å². The maximum atomic E-state index is 12.6. The molecule has 1 aromatic carbocycles. The van der Waals surface area contributed by atoms with Crippen molar-refractivity contribution in [3.05, 3.63) is 40.3 Å². The van der Waals surface area contributed by atoms with Crippen molar-refractivity contribution in [2.45, 2.75) is 6.18 Å². The second-order valence-electron chi connectivity index (χ2n) is 3.85. The van der Waals surface area contributed by atoms with E-state index in [1.807, 2.05) is 0 Å². The number of ether oxygens (including phenoxy) is 2. The first kappa shape index (κ1) is 14.7. The summed E-state index contributed by atoms with van der Waals surface area (Å²) in [5.41, 5.74) is -0.856. The fourth-order valence-electron chi connectivity index (χ4n) is 1.47. The number of benzene rings is 1. The maximum Gasteiger partial charge on any atom is 0.416 e. The molecule has 0 radical (unpaired) electrons. The van der Waals surface area contributed by atoms with Gasteiger partial charge in [-0.25, -0.2) is 0 Å². The van der Waals surface area contributed by atoms with Crippen LogP contribution in [0, 0.1) is 0 Å². The van der Waals surface area contributed by atoms with Crippen LogP contribution in [0.4, 0.5) is 18.9 Å². The van der Waals surface area contributed by atoms with Crippen molar-refractivity contribution in [2.24, 2.45) is 0 Å². The third-order valence-electron chi connectivity index (χ3n) is 2.41. The standard InChI is InChI=1S/C12H9BrF3NO3/c13-8-2-1-7(12(14,15)16)5-9(8)17-11(18)10-6-19-3-4-20-10/h1-2,5-6H,3-4H2,(H,17,18). The van der Waals surface area contributed by atoms with E-state index in [0.717, 1.165) is 18.4 Å². The third kappa shape index (κ3) is 3.44. The monoisotopic (exact) mass is 351 g/mol. The zero-order valence-electron chi connectivity index (χ0n) is 9.96. The number of alkyl halides is 3. The molecular weight excluding hydrogens is 343 g/mol. The topological polar surface area (TPSA) is 47.6 Å². The number of nitrogens with one attached hydrogen (secondary N) is 1. The van der Waals surface area contributed by atoms with E-state index in [4.69, 9.17) is 9.47 Å². The van der Waals surface area contributed by atoms with E-state index in [-0.39, 0.29) is 18.1 Å². The lowest BCUT2D eigenvalue weighted by Gasteiger charge is -2.16. The van der Waals surface area contributed by atoms with Gasteiger partial charge in [0.05, 0.1) is 11.3 Å². The van der Waals surface area contributed by atoms with Crippen molar-refractivity contribution in [1.82, 2.24) is 0 Å². The molecule has 8 heteroatoms. The predicted molar refractivity (Wildman–Crippen MR) is 67.8 cm³/mol.